The average molecular weight is 404 g/mol. The zero-order valence-corrected chi connectivity index (χ0v) is 16.5. The van der Waals surface area contributed by atoms with Crippen molar-refractivity contribution >= 4 is 33.3 Å². The molecule has 0 spiro atoms. The lowest BCUT2D eigenvalue weighted by Crippen LogP contribution is -2.40. The summed E-state index contributed by atoms with van der Waals surface area (Å²) in [7, 11) is -1.57. The lowest BCUT2D eigenvalue weighted by molar-refractivity contribution is -0.153. The molecule has 26 heavy (non-hydrogen) atoms. The van der Waals surface area contributed by atoms with Crippen LogP contribution in [0.15, 0.2) is 12.1 Å². The Balaban J connectivity index is 1.81. The predicted molar refractivity (Wildman–Crippen MR) is 97.2 cm³/mol. The topological polar surface area (TPSA) is 90.0 Å². The second kappa shape index (κ2) is 8.26. The van der Waals surface area contributed by atoms with Crippen LogP contribution < -0.4 is 4.74 Å². The summed E-state index contributed by atoms with van der Waals surface area (Å²) in [5.74, 6) is -0.561. The Morgan fingerprint density at radius 1 is 1.23 bits per heavy atom. The summed E-state index contributed by atoms with van der Waals surface area (Å²) in [5, 5.41) is 0.581. The number of benzene rings is 1. The normalized spacial score (nSPS) is 18.4. The largest absolute Gasteiger partial charge is 0.481 e. The molecule has 1 heterocycles. The SMILES string of the molecule is Cc1cc(Cl)cc(C)c1OCC(=O)OCC(=O)N(C)[C@H]1CCS(=O)(=O)C1. The first-order chi connectivity index (χ1) is 12.1. The minimum atomic E-state index is -3.09. The summed E-state index contributed by atoms with van der Waals surface area (Å²) in [4.78, 5) is 25.2. The van der Waals surface area contributed by atoms with Gasteiger partial charge in [-0.1, -0.05) is 11.6 Å². The molecule has 1 aromatic rings. The molecule has 1 amide bonds. The van der Waals surface area contributed by atoms with Crippen LogP contribution in [0.2, 0.25) is 5.02 Å². The summed E-state index contributed by atoms with van der Waals surface area (Å²) in [5.41, 5.74) is 1.59. The smallest absolute Gasteiger partial charge is 0.344 e. The predicted octanol–water partition coefficient (Wildman–Crippen LogP) is 1.52. The van der Waals surface area contributed by atoms with Crippen LogP contribution in [-0.2, 0) is 24.2 Å². The van der Waals surface area contributed by atoms with Crippen molar-refractivity contribution in [3.63, 3.8) is 0 Å². The van der Waals surface area contributed by atoms with Gasteiger partial charge in [0.05, 0.1) is 11.5 Å². The fourth-order valence-electron chi connectivity index (χ4n) is 2.83. The Morgan fingerprint density at radius 2 is 1.85 bits per heavy atom. The standard InChI is InChI=1S/C17H22ClNO6S/c1-11-6-13(18)7-12(2)17(11)25-9-16(21)24-8-15(20)19(3)14-4-5-26(22,23)10-14/h6-7,14H,4-5,8-10H2,1-3H3/t14-/m0/s1. The van der Waals surface area contributed by atoms with Crippen molar-refractivity contribution < 1.29 is 27.5 Å². The lowest BCUT2D eigenvalue weighted by Gasteiger charge is -2.23. The third-order valence-corrected chi connectivity index (χ3v) is 6.23. The van der Waals surface area contributed by atoms with Crippen LogP contribution in [0.1, 0.15) is 17.5 Å². The lowest BCUT2D eigenvalue weighted by atomic mass is 10.1. The van der Waals surface area contributed by atoms with Crippen LogP contribution in [0.4, 0.5) is 0 Å². The molecule has 0 radical (unpaired) electrons. The monoisotopic (exact) mass is 403 g/mol. The van der Waals surface area contributed by atoms with Gasteiger partial charge in [-0.05, 0) is 43.5 Å². The molecular formula is C17H22ClNO6S. The van der Waals surface area contributed by atoms with E-state index in [2.05, 4.69) is 0 Å². The quantitative estimate of drug-likeness (QED) is 0.669. The molecule has 2 rings (SSSR count). The van der Waals surface area contributed by atoms with Crippen LogP contribution in [0.3, 0.4) is 0 Å². The first kappa shape index (κ1) is 20.5. The van der Waals surface area contributed by atoms with Gasteiger partial charge in [0.2, 0.25) is 0 Å². The Kier molecular flexibility index (Phi) is 6.52. The van der Waals surface area contributed by atoms with Crippen molar-refractivity contribution in [3.05, 3.63) is 28.3 Å². The van der Waals surface area contributed by atoms with Crippen LogP contribution in [0.25, 0.3) is 0 Å². The summed E-state index contributed by atoms with van der Waals surface area (Å²) < 4.78 is 33.4. The van der Waals surface area contributed by atoms with E-state index in [4.69, 9.17) is 21.1 Å². The zero-order valence-electron chi connectivity index (χ0n) is 15.0. The molecule has 0 bridgehead atoms. The van der Waals surface area contributed by atoms with Crippen LogP contribution in [0, 0.1) is 13.8 Å². The summed E-state index contributed by atoms with van der Waals surface area (Å²) in [6.45, 7) is 2.84. The maximum Gasteiger partial charge on any atom is 0.344 e. The number of amides is 1. The summed E-state index contributed by atoms with van der Waals surface area (Å²) >= 11 is 5.94. The van der Waals surface area contributed by atoms with Gasteiger partial charge in [-0.3, -0.25) is 4.79 Å². The first-order valence-corrected chi connectivity index (χ1v) is 10.3. The number of ether oxygens (including phenoxy) is 2. The van der Waals surface area contributed by atoms with Crippen molar-refractivity contribution in [1.82, 2.24) is 4.90 Å². The molecule has 1 atom stereocenters. The van der Waals surface area contributed by atoms with E-state index in [1.54, 1.807) is 12.1 Å². The van der Waals surface area contributed by atoms with Gasteiger partial charge in [-0.2, -0.15) is 0 Å². The third-order valence-electron chi connectivity index (χ3n) is 4.27. The van der Waals surface area contributed by atoms with Crippen molar-refractivity contribution in [2.75, 3.05) is 31.8 Å². The van der Waals surface area contributed by atoms with Gasteiger partial charge in [0.1, 0.15) is 5.75 Å². The van der Waals surface area contributed by atoms with E-state index in [1.165, 1.54) is 11.9 Å². The van der Waals surface area contributed by atoms with Gasteiger partial charge in [0, 0.05) is 18.1 Å². The van der Waals surface area contributed by atoms with E-state index in [9.17, 15) is 18.0 Å². The van der Waals surface area contributed by atoms with Crippen molar-refractivity contribution in [1.29, 1.82) is 0 Å². The van der Waals surface area contributed by atoms with Crippen LogP contribution in [-0.4, -0.2) is 63.0 Å². The van der Waals surface area contributed by atoms with Crippen molar-refractivity contribution in [2.45, 2.75) is 26.3 Å². The van der Waals surface area contributed by atoms with E-state index in [0.717, 1.165) is 11.1 Å². The molecular weight excluding hydrogens is 382 g/mol. The number of sulfone groups is 1. The van der Waals surface area contributed by atoms with Crippen molar-refractivity contribution in [2.24, 2.45) is 0 Å². The number of esters is 1. The number of aryl methyl sites for hydroxylation is 2. The number of rotatable bonds is 6. The highest BCUT2D eigenvalue weighted by Gasteiger charge is 2.32. The minimum Gasteiger partial charge on any atom is -0.481 e. The molecule has 1 fully saturated rings. The number of carbonyl (C=O) groups is 2. The highest BCUT2D eigenvalue weighted by Crippen LogP contribution is 2.27. The molecule has 144 valence electrons. The number of halogens is 1. The van der Waals surface area contributed by atoms with E-state index < -0.39 is 28.3 Å². The Morgan fingerprint density at radius 3 is 2.38 bits per heavy atom. The van der Waals surface area contributed by atoms with Gasteiger partial charge in [0.25, 0.3) is 5.91 Å². The number of likely N-dealkylation sites (N-methyl/N-ethyl adjacent to an activating group) is 1. The Labute approximate surface area is 158 Å². The average Bonchev–Trinajstić information content (AvgIpc) is 2.90. The van der Waals surface area contributed by atoms with Gasteiger partial charge >= 0.3 is 5.97 Å². The maximum atomic E-state index is 12.1. The fraction of sp³-hybridized carbons (Fsp3) is 0.529. The molecule has 7 nitrogen and oxygen atoms in total. The highest BCUT2D eigenvalue weighted by molar-refractivity contribution is 7.91. The van der Waals surface area contributed by atoms with Gasteiger partial charge in [-0.15, -0.1) is 0 Å². The Bertz CT molecular complexity index is 784. The van der Waals surface area contributed by atoms with E-state index in [-0.39, 0.29) is 24.2 Å². The first-order valence-electron chi connectivity index (χ1n) is 8.10. The van der Waals surface area contributed by atoms with E-state index in [1.807, 2.05) is 13.8 Å². The maximum absolute atomic E-state index is 12.1. The van der Waals surface area contributed by atoms with E-state index >= 15 is 0 Å². The molecule has 0 unspecified atom stereocenters. The molecule has 0 N–H and O–H groups in total. The molecule has 1 aliphatic rings. The third kappa shape index (κ3) is 5.35. The van der Waals surface area contributed by atoms with Crippen molar-refractivity contribution in [3.8, 4) is 5.75 Å². The number of hydrogen-bond donors (Lipinski definition) is 0. The molecule has 9 heteroatoms. The van der Waals surface area contributed by atoms with Gasteiger partial charge in [-0.25, -0.2) is 13.2 Å². The zero-order chi connectivity index (χ0) is 19.5. The van der Waals surface area contributed by atoms with Gasteiger partial charge < -0.3 is 14.4 Å². The van der Waals surface area contributed by atoms with Crippen LogP contribution in [0.5, 0.6) is 5.75 Å². The Hall–Kier alpha value is -1.80. The number of nitrogens with zero attached hydrogens (tertiary/aromatic N) is 1. The molecule has 1 aliphatic heterocycles. The molecule has 1 aromatic carbocycles. The molecule has 1 saturated heterocycles. The number of carbonyl (C=O) groups excluding carboxylic acids is 2. The molecule has 0 aliphatic carbocycles. The van der Waals surface area contributed by atoms with Gasteiger partial charge in [0.15, 0.2) is 23.1 Å². The second-order valence-corrected chi connectivity index (χ2v) is 9.04. The van der Waals surface area contributed by atoms with Crippen LogP contribution >= 0.6 is 11.6 Å². The second-order valence-electron chi connectivity index (χ2n) is 6.38. The fourth-order valence-corrected chi connectivity index (χ4v) is 4.93. The summed E-state index contributed by atoms with van der Waals surface area (Å²) in [6.07, 6.45) is 0.400. The highest BCUT2D eigenvalue weighted by atomic mass is 35.5. The number of hydrogen-bond acceptors (Lipinski definition) is 6. The summed E-state index contributed by atoms with van der Waals surface area (Å²) in [6, 6.07) is 3.08. The van der Waals surface area contributed by atoms with E-state index in [0.29, 0.717) is 17.2 Å². The molecule has 0 saturated carbocycles. The minimum absolute atomic E-state index is 0.0541. The molecule has 0 aromatic heterocycles.